The monoisotopic (exact) mass is 319 g/mol. The molecule has 1 saturated heterocycles. The van der Waals surface area contributed by atoms with Crippen molar-refractivity contribution in [1.29, 1.82) is 0 Å². The van der Waals surface area contributed by atoms with Crippen LogP contribution in [0.25, 0.3) is 10.9 Å². The lowest BCUT2D eigenvalue weighted by atomic mass is 9.92. The number of rotatable bonds is 1. The molecule has 0 unspecified atom stereocenters. The molecule has 5 nitrogen and oxygen atoms in total. The fourth-order valence-corrected chi connectivity index (χ4v) is 2.98. The van der Waals surface area contributed by atoms with Gasteiger partial charge in [-0.3, -0.25) is 5.10 Å². The summed E-state index contributed by atoms with van der Waals surface area (Å²) < 4.78 is 18.9. The molecule has 1 N–H and O–H groups in total. The summed E-state index contributed by atoms with van der Waals surface area (Å²) in [6.45, 7) is 6.85. The molecule has 2 heterocycles. The molecular weight excluding hydrogens is 297 g/mol. The average molecular weight is 319 g/mol. The Balaban J connectivity index is 1.69. The minimum absolute atomic E-state index is 0.226. The molecule has 3 rings (SSSR count). The molecule has 1 amide bonds. The van der Waals surface area contributed by atoms with E-state index in [-0.39, 0.29) is 17.8 Å². The van der Waals surface area contributed by atoms with E-state index >= 15 is 0 Å². The molecule has 0 bridgehead atoms. The van der Waals surface area contributed by atoms with Gasteiger partial charge in [-0.05, 0) is 51.8 Å². The van der Waals surface area contributed by atoms with Gasteiger partial charge in [0.2, 0.25) is 0 Å². The molecule has 1 aromatic heterocycles. The highest BCUT2D eigenvalue weighted by Gasteiger charge is 2.29. The third-order valence-corrected chi connectivity index (χ3v) is 4.09. The number of likely N-dealkylation sites (tertiary alicyclic amines) is 1. The van der Waals surface area contributed by atoms with Crippen molar-refractivity contribution in [3.05, 3.63) is 29.7 Å². The molecule has 124 valence electrons. The van der Waals surface area contributed by atoms with E-state index in [1.807, 2.05) is 20.8 Å². The summed E-state index contributed by atoms with van der Waals surface area (Å²) >= 11 is 0. The van der Waals surface area contributed by atoms with Gasteiger partial charge in [0, 0.05) is 24.4 Å². The molecular formula is C17H22FN3O2. The second kappa shape index (κ2) is 5.83. The van der Waals surface area contributed by atoms with Crippen LogP contribution in [0.3, 0.4) is 0 Å². The largest absolute Gasteiger partial charge is 0.444 e. The normalized spacial score (nSPS) is 16.8. The number of carbonyl (C=O) groups is 1. The number of aromatic nitrogens is 2. The Kier molecular flexibility index (Phi) is 4.00. The number of amides is 1. The van der Waals surface area contributed by atoms with E-state index in [1.165, 1.54) is 12.1 Å². The molecule has 2 aromatic rings. The number of halogens is 1. The average Bonchev–Trinajstić information content (AvgIpc) is 2.88. The molecule has 1 fully saturated rings. The second-order valence-corrected chi connectivity index (χ2v) is 7.04. The van der Waals surface area contributed by atoms with Crippen LogP contribution in [0.5, 0.6) is 0 Å². The maximum Gasteiger partial charge on any atom is 0.410 e. The van der Waals surface area contributed by atoms with Crippen LogP contribution in [0.4, 0.5) is 9.18 Å². The Morgan fingerprint density at radius 3 is 2.70 bits per heavy atom. The van der Waals surface area contributed by atoms with Crippen molar-refractivity contribution in [1.82, 2.24) is 15.1 Å². The lowest BCUT2D eigenvalue weighted by Crippen LogP contribution is -2.41. The maximum absolute atomic E-state index is 13.5. The molecule has 1 aliphatic rings. The minimum Gasteiger partial charge on any atom is -0.444 e. The number of ether oxygens (including phenoxy) is 1. The number of hydrogen-bond acceptors (Lipinski definition) is 3. The molecule has 23 heavy (non-hydrogen) atoms. The molecule has 0 radical (unpaired) electrons. The van der Waals surface area contributed by atoms with Gasteiger partial charge in [0.1, 0.15) is 11.4 Å². The lowest BCUT2D eigenvalue weighted by Gasteiger charge is -2.33. The van der Waals surface area contributed by atoms with Crippen LogP contribution < -0.4 is 0 Å². The number of nitrogens with zero attached hydrogens (tertiary/aromatic N) is 2. The Hall–Kier alpha value is -2.11. The summed E-state index contributed by atoms with van der Waals surface area (Å²) in [6, 6.07) is 4.65. The van der Waals surface area contributed by atoms with Gasteiger partial charge >= 0.3 is 6.09 Å². The zero-order valence-electron chi connectivity index (χ0n) is 13.7. The predicted octanol–water partition coefficient (Wildman–Crippen LogP) is 3.82. The highest BCUT2D eigenvalue weighted by Crippen LogP contribution is 2.32. The van der Waals surface area contributed by atoms with E-state index in [0.29, 0.717) is 13.1 Å². The van der Waals surface area contributed by atoms with Crippen molar-refractivity contribution in [3.63, 3.8) is 0 Å². The maximum atomic E-state index is 13.5. The molecule has 1 aliphatic heterocycles. The zero-order chi connectivity index (χ0) is 16.6. The van der Waals surface area contributed by atoms with E-state index in [2.05, 4.69) is 10.2 Å². The van der Waals surface area contributed by atoms with Gasteiger partial charge in [-0.2, -0.15) is 5.10 Å². The van der Waals surface area contributed by atoms with E-state index < -0.39 is 5.60 Å². The molecule has 0 aliphatic carbocycles. The van der Waals surface area contributed by atoms with Crippen molar-refractivity contribution >= 4 is 17.0 Å². The number of aromatic amines is 1. The van der Waals surface area contributed by atoms with Crippen LogP contribution in [0.1, 0.15) is 45.2 Å². The number of benzene rings is 1. The predicted molar refractivity (Wildman–Crippen MR) is 85.8 cm³/mol. The Morgan fingerprint density at radius 2 is 2.04 bits per heavy atom. The van der Waals surface area contributed by atoms with Gasteiger partial charge < -0.3 is 9.64 Å². The number of piperidine rings is 1. The quantitative estimate of drug-likeness (QED) is 0.869. The fourth-order valence-electron chi connectivity index (χ4n) is 2.98. The number of hydrogen-bond donors (Lipinski definition) is 1. The van der Waals surface area contributed by atoms with Crippen molar-refractivity contribution in [2.75, 3.05) is 13.1 Å². The number of carbonyl (C=O) groups excluding carboxylic acids is 1. The lowest BCUT2D eigenvalue weighted by molar-refractivity contribution is 0.0204. The summed E-state index contributed by atoms with van der Waals surface area (Å²) in [5.41, 5.74) is 1.25. The second-order valence-electron chi connectivity index (χ2n) is 7.04. The third-order valence-electron chi connectivity index (χ3n) is 4.09. The van der Waals surface area contributed by atoms with Crippen molar-refractivity contribution in [2.45, 2.75) is 45.1 Å². The van der Waals surface area contributed by atoms with Crippen LogP contribution in [0.2, 0.25) is 0 Å². The van der Waals surface area contributed by atoms with Crippen molar-refractivity contribution in [2.24, 2.45) is 0 Å². The number of H-pyrrole nitrogens is 1. The topological polar surface area (TPSA) is 58.2 Å². The molecule has 0 spiro atoms. The highest BCUT2D eigenvalue weighted by atomic mass is 19.1. The Labute approximate surface area is 134 Å². The van der Waals surface area contributed by atoms with Gasteiger partial charge in [-0.25, -0.2) is 9.18 Å². The summed E-state index contributed by atoms with van der Waals surface area (Å²) in [7, 11) is 0. The van der Waals surface area contributed by atoms with Crippen LogP contribution in [-0.2, 0) is 4.74 Å². The number of nitrogens with one attached hydrogen (secondary N) is 1. The highest BCUT2D eigenvalue weighted by molar-refractivity contribution is 5.81. The van der Waals surface area contributed by atoms with E-state index in [1.54, 1.807) is 11.0 Å². The van der Waals surface area contributed by atoms with Crippen LogP contribution in [0.15, 0.2) is 18.2 Å². The summed E-state index contributed by atoms with van der Waals surface area (Å²) in [5.74, 6) is -0.0319. The Morgan fingerprint density at radius 1 is 1.35 bits per heavy atom. The van der Waals surface area contributed by atoms with E-state index in [9.17, 15) is 9.18 Å². The van der Waals surface area contributed by atoms with E-state index in [0.717, 1.165) is 29.4 Å². The minimum atomic E-state index is -0.482. The first-order valence-corrected chi connectivity index (χ1v) is 7.95. The van der Waals surface area contributed by atoms with Gasteiger partial charge in [0.05, 0.1) is 11.2 Å². The van der Waals surface area contributed by atoms with Gasteiger partial charge in [-0.1, -0.05) is 0 Å². The molecule has 6 heteroatoms. The zero-order valence-corrected chi connectivity index (χ0v) is 13.7. The SMILES string of the molecule is CC(C)(C)OC(=O)N1CCC(c2n[nH]c3ccc(F)cc23)CC1. The van der Waals surface area contributed by atoms with Crippen LogP contribution in [0, 0.1) is 5.82 Å². The van der Waals surface area contributed by atoms with Gasteiger partial charge in [-0.15, -0.1) is 0 Å². The summed E-state index contributed by atoms with van der Waals surface area (Å²) in [6.07, 6.45) is 1.33. The van der Waals surface area contributed by atoms with Gasteiger partial charge in [0.25, 0.3) is 0 Å². The summed E-state index contributed by atoms with van der Waals surface area (Å²) in [4.78, 5) is 13.8. The standard InChI is InChI=1S/C17H22FN3O2/c1-17(2,3)23-16(22)21-8-6-11(7-9-21)15-13-10-12(18)4-5-14(13)19-20-15/h4-5,10-11H,6-9H2,1-3H3,(H,19,20). The first-order valence-electron chi connectivity index (χ1n) is 7.95. The third kappa shape index (κ3) is 3.46. The summed E-state index contributed by atoms with van der Waals surface area (Å²) in [5, 5.41) is 8.15. The van der Waals surface area contributed by atoms with Crippen molar-refractivity contribution < 1.29 is 13.9 Å². The number of fused-ring (bicyclic) bond motifs is 1. The first kappa shape index (κ1) is 15.8. The van der Waals surface area contributed by atoms with E-state index in [4.69, 9.17) is 4.74 Å². The first-order chi connectivity index (χ1) is 10.8. The molecule has 0 atom stereocenters. The molecule has 0 saturated carbocycles. The van der Waals surface area contributed by atoms with Crippen LogP contribution in [-0.4, -0.2) is 39.9 Å². The van der Waals surface area contributed by atoms with Crippen LogP contribution >= 0.6 is 0 Å². The Bertz CT molecular complexity index is 712. The van der Waals surface area contributed by atoms with Crippen molar-refractivity contribution in [3.8, 4) is 0 Å². The smallest absolute Gasteiger partial charge is 0.410 e. The molecule has 1 aromatic carbocycles. The van der Waals surface area contributed by atoms with Gasteiger partial charge in [0.15, 0.2) is 0 Å². The fraction of sp³-hybridized carbons (Fsp3) is 0.529.